The first kappa shape index (κ1) is 20.3. The number of nitrogens with one attached hydrogen (secondary N) is 1. The van der Waals surface area contributed by atoms with Crippen LogP contribution in [0.15, 0.2) is 36.4 Å². The van der Waals surface area contributed by atoms with Gasteiger partial charge in [-0.25, -0.2) is 9.78 Å². The van der Waals surface area contributed by atoms with Crippen LogP contribution in [0.1, 0.15) is 11.3 Å². The van der Waals surface area contributed by atoms with Gasteiger partial charge in [-0.15, -0.1) is 0 Å². The van der Waals surface area contributed by atoms with E-state index in [1.165, 1.54) is 30.3 Å². The molecule has 1 heterocycles. The number of nitro benzene ring substituents is 1. The fourth-order valence-corrected chi connectivity index (χ4v) is 2.31. The number of nitrogens with zero attached hydrogens (tertiary/aromatic N) is 2. The van der Waals surface area contributed by atoms with Crippen molar-refractivity contribution >= 4 is 52.7 Å². The highest BCUT2D eigenvalue weighted by Crippen LogP contribution is 2.25. The fraction of sp³-hybridized carbons (Fsp3) is 0.118. The van der Waals surface area contributed by atoms with Crippen LogP contribution in [0.4, 0.5) is 11.5 Å². The number of aromatic nitrogens is 1. The van der Waals surface area contributed by atoms with Crippen molar-refractivity contribution in [2.24, 2.45) is 0 Å². The van der Waals surface area contributed by atoms with E-state index in [1.54, 1.807) is 13.0 Å². The van der Waals surface area contributed by atoms with Crippen molar-refractivity contribution in [1.29, 1.82) is 0 Å². The summed E-state index contributed by atoms with van der Waals surface area (Å²) < 4.78 is 4.80. The van der Waals surface area contributed by atoms with Crippen LogP contribution in [-0.2, 0) is 14.3 Å². The highest BCUT2D eigenvalue weighted by Gasteiger charge is 2.11. The molecule has 0 saturated carbocycles. The molecule has 2 aromatic rings. The van der Waals surface area contributed by atoms with Crippen LogP contribution in [0, 0.1) is 17.0 Å². The van der Waals surface area contributed by atoms with Crippen LogP contribution in [-0.4, -0.2) is 28.4 Å². The first-order valence-corrected chi connectivity index (χ1v) is 8.23. The average Bonchev–Trinajstić information content (AvgIpc) is 2.63. The molecule has 1 aromatic carbocycles. The number of carbonyl (C=O) groups is 2. The predicted octanol–water partition coefficient (Wildman–Crippen LogP) is 3.80. The lowest BCUT2D eigenvalue weighted by atomic mass is 10.2. The van der Waals surface area contributed by atoms with E-state index in [0.29, 0.717) is 16.3 Å². The molecular weight excluding hydrogens is 397 g/mol. The predicted molar refractivity (Wildman–Crippen MR) is 101 cm³/mol. The van der Waals surface area contributed by atoms with Crippen molar-refractivity contribution < 1.29 is 19.2 Å². The molecule has 0 saturated heterocycles. The van der Waals surface area contributed by atoms with Crippen molar-refractivity contribution in [2.45, 2.75) is 6.92 Å². The largest absolute Gasteiger partial charge is 0.452 e. The minimum absolute atomic E-state index is 0.103. The van der Waals surface area contributed by atoms with Crippen LogP contribution in [0.5, 0.6) is 0 Å². The van der Waals surface area contributed by atoms with Gasteiger partial charge in [-0.05, 0) is 24.6 Å². The molecule has 0 atom stereocenters. The third kappa shape index (κ3) is 6.05. The molecule has 10 heteroatoms. The highest BCUT2D eigenvalue weighted by molar-refractivity contribution is 6.36. The number of nitro groups is 1. The van der Waals surface area contributed by atoms with Gasteiger partial charge in [-0.1, -0.05) is 35.3 Å². The van der Waals surface area contributed by atoms with Crippen molar-refractivity contribution in [3.63, 3.8) is 0 Å². The fourth-order valence-electron chi connectivity index (χ4n) is 1.91. The summed E-state index contributed by atoms with van der Waals surface area (Å²) in [6.07, 6.45) is 2.40. The Balaban J connectivity index is 1.90. The molecule has 2 rings (SSSR count). The van der Waals surface area contributed by atoms with E-state index in [2.05, 4.69) is 10.3 Å². The van der Waals surface area contributed by atoms with Crippen LogP contribution in [0.3, 0.4) is 0 Å². The Bertz CT molecular complexity index is 931. The number of benzene rings is 1. The maximum Gasteiger partial charge on any atom is 0.331 e. The first-order valence-electron chi connectivity index (χ1n) is 7.48. The number of pyridine rings is 1. The maximum absolute atomic E-state index is 11.8. The number of hydrogen-bond acceptors (Lipinski definition) is 6. The van der Waals surface area contributed by atoms with E-state index in [-0.39, 0.29) is 16.5 Å². The topological polar surface area (TPSA) is 111 Å². The van der Waals surface area contributed by atoms with E-state index in [1.807, 2.05) is 0 Å². The Hall–Kier alpha value is -2.97. The monoisotopic (exact) mass is 409 g/mol. The highest BCUT2D eigenvalue weighted by atomic mass is 35.5. The third-order valence-electron chi connectivity index (χ3n) is 3.20. The molecule has 0 unspecified atom stereocenters. The van der Waals surface area contributed by atoms with Gasteiger partial charge in [0.15, 0.2) is 12.4 Å². The molecule has 140 valence electrons. The van der Waals surface area contributed by atoms with Crippen LogP contribution >= 0.6 is 23.2 Å². The van der Waals surface area contributed by atoms with E-state index in [0.717, 1.165) is 6.08 Å². The van der Waals surface area contributed by atoms with Crippen molar-refractivity contribution in [3.05, 3.63) is 67.8 Å². The van der Waals surface area contributed by atoms with Crippen molar-refractivity contribution in [2.75, 3.05) is 11.9 Å². The molecule has 0 spiro atoms. The number of esters is 1. The van der Waals surface area contributed by atoms with E-state index in [4.69, 9.17) is 27.9 Å². The van der Waals surface area contributed by atoms with Crippen LogP contribution in [0.25, 0.3) is 6.08 Å². The van der Waals surface area contributed by atoms with Crippen LogP contribution in [0.2, 0.25) is 10.0 Å². The lowest BCUT2D eigenvalue weighted by Crippen LogP contribution is -2.21. The quantitative estimate of drug-likeness (QED) is 0.336. The van der Waals surface area contributed by atoms with Gasteiger partial charge >= 0.3 is 5.97 Å². The van der Waals surface area contributed by atoms with Gasteiger partial charge < -0.3 is 10.1 Å². The molecule has 27 heavy (non-hydrogen) atoms. The first-order chi connectivity index (χ1) is 12.8. The number of ether oxygens (including phenoxy) is 1. The molecule has 0 fully saturated rings. The number of rotatable bonds is 6. The van der Waals surface area contributed by atoms with Crippen molar-refractivity contribution in [3.8, 4) is 0 Å². The number of hydrogen-bond donors (Lipinski definition) is 1. The third-order valence-corrected chi connectivity index (χ3v) is 3.87. The number of amides is 1. The number of halogens is 2. The second-order valence-electron chi connectivity index (χ2n) is 5.23. The summed E-state index contributed by atoms with van der Waals surface area (Å²) in [5.74, 6) is -1.32. The average molecular weight is 410 g/mol. The molecule has 0 radical (unpaired) electrons. The summed E-state index contributed by atoms with van der Waals surface area (Å²) in [4.78, 5) is 37.7. The van der Waals surface area contributed by atoms with Crippen molar-refractivity contribution in [1.82, 2.24) is 4.98 Å². The maximum atomic E-state index is 11.8. The lowest BCUT2D eigenvalue weighted by Gasteiger charge is -2.08. The molecular formula is C17H13Cl2N3O5. The number of anilines is 1. The standard InChI is InChI=1S/C17H13Cl2N3O5/c1-10-13(18)8-14(19)17(20-10)21-15(23)9-27-16(24)6-5-11-3-2-4-12(7-11)22(25)26/h2-8H,9H2,1H3,(H,20,21,23)/b6-5+. The Kier molecular flexibility index (Phi) is 6.86. The van der Waals surface area contributed by atoms with Gasteiger partial charge in [0, 0.05) is 18.2 Å². The molecule has 1 amide bonds. The summed E-state index contributed by atoms with van der Waals surface area (Å²) in [5, 5.41) is 13.6. The summed E-state index contributed by atoms with van der Waals surface area (Å²) in [7, 11) is 0. The molecule has 0 aliphatic heterocycles. The number of non-ortho nitro benzene ring substituents is 1. The molecule has 1 N–H and O–H groups in total. The van der Waals surface area contributed by atoms with Gasteiger partial charge in [0.2, 0.25) is 0 Å². The minimum atomic E-state index is -0.789. The molecule has 0 bridgehead atoms. The second-order valence-corrected chi connectivity index (χ2v) is 6.04. The normalized spacial score (nSPS) is 10.6. The minimum Gasteiger partial charge on any atom is -0.452 e. The smallest absolute Gasteiger partial charge is 0.331 e. The van der Waals surface area contributed by atoms with Gasteiger partial charge in [-0.3, -0.25) is 14.9 Å². The van der Waals surface area contributed by atoms with Gasteiger partial charge in [-0.2, -0.15) is 0 Å². The Morgan fingerprint density at radius 1 is 1.30 bits per heavy atom. The van der Waals surface area contributed by atoms with E-state index < -0.39 is 23.4 Å². The molecule has 1 aromatic heterocycles. The Labute approximate surface area is 163 Å². The zero-order valence-electron chi connectivity index (χ0n) is 13.9. The van der Waals surface area contributed by atoms with Crippen LogP contribution < -0.4 is 5.32 Å². The summed E-state index contributed by atoms with van der Waals surface area (Å²) in [5.41, 5.74) is 0.819. The van der Waals surface area contributed by atoms with Gasteiger partial charge in [0.25, 0.3) is 11.6 Å². The van der Waals surface area contributed by atoms with E-state index >= 15 is 0 Å². The zero-order valence-corrected chi connectivity index (χ0v) is 15.5. The zero-order chi connectivity index (χ0) is 20.0. The molecule has 0 aliphatic carbocycles. The number of aryl methyl sites for hydroxylation is 1. The lowest BCUT2D eigenvalue weighted by molar-refractivity contribution is -0.384. The summed E-state index contributed by atoms with van der Waals surface area (Å²) >= 11 is 11.8. The Morgan fingerprint density at radius 2 is 2.04 bits per heavy atom. The Morgan fingerprint density at radius 3 is 2.74 bits per heavy atom. The SMILES string of the molecule is Cc1nc(NC(=O)COC(=O)/C=C/c2cccc([N+](=O)[O-])c2)c(Cl)cc1Cl. The number of carbonyl (C=O) groups excluding carboxylic acids is 2. The summed E-state index contributed by atoms with van der Waals surface area (Å²) in [6.45, 7) is 1.09. The molecule has 0 aliphatic rings. The molecule has 8 nitrogen and oxygen atoms in total. The second kappa shape index (κ2) is 9.11. The van der Waals surface area contributed by atoms with Gasteiger partial charge in [0.1, 0.15) is 0 Å². The summed E-state index contributed by atoms with van der Waals surface area (Å²) in [6, 6.07) is 7.14. The van der Waals surface area contributed by atoms with Gasteiger partial charge in [0.05, 0.1) is 20.7 Å². The van der Waals surface area contributed by atoms with E-state index in [9.17, 15) is 19.7 Å².